The average Bonchev–Trinajstić information content (AvgIpc) is 2.59. The Morgan fingerprint density at radius 3 is 2.75 bits per heavy atom. The lowest BCUT2D eigenvalue weighted by molar-refractivity contribution is 0.578. The Hall–Kier alpha value is -1.53. The summed E-state index contributed by atoms with van der Waals surface area (Å²) >= 11 is 0. The molecule has 0 bridgehead atoms. The minimum absolute atomic E-state index is 0.431. The number of fused-ring (bicyclic) bond motifs is 1. The van der Waals surface area contributed by atoms with E-state index < -0.39 is 10.2 Å². The van der Waals surface area contributed by atoms with Crippen LogP contribution >= 0.6 is 0 Å². The third kappa shape index (κ3) is 2.02. The third-order valence-electron chi connectivity index (χ3n) is 2.18. The second kappa shape index (κ2) is 3.80. The highest BCUT2D eigenvalue weighted by Crippen LogP contribution is 2.26. The molecule has 0 atom stereocenters. The summed E-state index contributed by atoms with van der Waals surface area (Å²) in [7, 11) is -2.17. The van der Waals surface area contributed by atoms with Gasteiger partial charge in [0, 0.05) is 12.4 Å². The van der Waals surface area contributed by atoms with Crippen LogP contribution in [0.4, 0.5) is 5.69 Å². The lowest BCUT2D eigenvalue weighted by Gasteiger charge is -2.06. The van der Waals surface area contributed by atoms with Crippen LogP contribution in [-0.2, 0) is 10.2 Å². The highest BCUT2D eigenvalue weighted by Gasteiger charge is 2.11. The fourth-order valence-electron chi connectivity index (χ4n) is 1.47. The summed E-state index contributed by atoms with van der Waals surface area (Å²) in [5.74, 6) is 0.742. The quantitative estimate of drug-likeness (QED) is 0.856. The van der Waals surface area contributed by atoms with Crippen molar-refractivity contribution in [2.75, 3.05) is 11.8 Å². The van der Waals surface area contributed by atoms with E-state index in [1.807, 2.05) is 19.1 Å². The third-order valence-corrected chi connectivity index (χ3v) is 3.21. The van der Waals surface area contributed by atoms with E-state index in [9.17, 15) is 8.42 Å². The van der Waals surface area contributed by atoms with E-state index in [1.165, 1.54) is 7.05 Å². The Balaban J connectivity index is 2.52. The first-order valence-corrected chi connectivity index (χ1v) is 6.20. The lowest BCUT2D eigenvalue weighted by atomic mass is 10.2. The number of hydrogen-bond acceptors (Lipinski definition) is 3. The zero-order chi connectivity index (χ0) is 11.8. The van der Waals surface area contributed by atoms with Gasteiger partial charge in [0.2, 0.25) is 0 Å². The monoisotopic (exact) mass is 240 g/mol. The summed E-state index contributed by atoms with van der Waals surface area (Å²) in [6.45, 7) is 1.82. The number of nitrogens with one attached hydrogen (secondary N) is 2. The van der Waals surface area contributed by atoms with E-state index in [2.05, 4.69) is 9.44 Å². The number of benzene rings is 1. The van der Waals surface area contributed by atoms with E-state index in [0.717, 1.165) is 11.1 Å². The van der Waals surface area contributed by atoms with Gasteiger partial charge in [0.05, 0.1) is 5.69 Å². The van der Waals surface area contributed by atoms with Crippen LogP contribution in [0.2, 0.25) is 0 Å². The number of hydrogen-bond donors (Lipinski definition) is 2. The molecule has 1 aromatic carbocycles. The molecule has 0 saturated carbocycles. The van der Waals surface area contributed by atoms with Gasteiger partial charge >= 0.3 is 0 Å². The number of para-hydroxylation sites is 1. The summed E-state index contributed by atoms with van der Waals surface area (Å²) in [6, 6.07) is 7.14. The Kier molecular flexibility index (Phi) is 2.61. The zero-order valence-electron chi connectivity index (χ0n) is 8.94. The minimum Gasteiger partial charge on any atom is -0.459 e. The molecule has 0 aliphatic carbocycles. The molecule has 5 nitrogen and oxygen atoms in total. The Labute approximate surface area is 93.6 Å². The van der Waals surface area contributed by atoms with Crippen LogP contribution in [0.25, 0.3) is 11.0 Å². The summed E-state index contributed by atoms with van der Waals surface area (Å²) < 4.78 is 32.7. The van der Waals surface area contributed by atoms with Crippen molar-refractivity contribution in [3.8, 4) is 0 Å². The van der Waals surface area contributed by atoms with Gasteiger partial charge in [-0.1, -0.05) is 12.1 Å². The molecule has 0 unspecified atom stereocenters. The molecule has 2 N–H and O–H groups in total. The van der Waals surface area contributed by atoms with Crippen molar-refractivity contribution in [1.82, 2.24) is 4.72 Å². The molecule has 0 saturated heterocycles. The first-order chi connectivity index (χ1) is 7.52. The largest absolute Gasteiger partial charge is 0.459 e. The van der Waals surface area contributed by atoms with Gasteiger partial charge < -0.3 is 4.42 Å². The fraction of sp³-hybridized carbons (Fsp3) is 0.200. The van der Waals surface area contributed by atoms with Gasteiger partial charge in [0.25, 0.3) is 10.2 Å². The van der Waals surface area contributed by atoms with Crippen LogP contribution in [0.3, 0.4) is 0 Å². The van der Waals surface area contributed by atoms with Gasteiger partial charge in [0.1, 0.15) is 5.76 Å². The van der Waals surface area contributed by atoms with E-state index in [0.29, 0.717) is 11.3 Å². The van der Waals surface area contributed by atoms with Gasteiger partial charge in [-0.3, -0.25) is 4.72 Å². The van der Waals surface area contributed by atoms with Crippen LogP contribution < -0.4 is 9.44 Å². The number of aryl methyl sites for hydroxylation is 1. The molecule has 1 heterocycles. The van der Waals surface area contributed by atoms with Crippen molar-refractivity contribution in [3.05, 3.63) is 30.0 Å². The molecule has 6 heteroatoms. The Morgan fingerprint density at radius 2 is 2.06 bits per heavy atom. The first kappa shape index (κ1) is 11.0. The zero-order valence-corrected chi connectivity index (χ0v) is 9.76. The summed E-state index contributed by atoms with van der Waals surface area (Å²) in [6.07, 6.45) is 0. The predicted octanol–water partition coefficient (Wildman–Crippen LogP) is 1.62. The van der Waals surface area contributed by atoms with Gasteiger partial charge in [-0.2, -0.15) is 8.42 Å². The van der Waals surface area contributed by atoms with Crippen molar-refractivity contribution < 1.29 is 12.8 Å². The van der Waals surface area contributed by atoms with Crippen molar-refractivity contribution in [3.63, 3.8) is 0 Å². The molecule has 2 aromatic rings. The van der Waals surface area contributed by atoms with Gasteiger partial charge in [-0.15, -0.1) is 0 Å². The molecule has 1 aromatic heterocycles. The maximum Gasteiger partial charge on any atom is 0.298 e. The molecule has 0 spiro atoms. The molecule has 2 rings (SSSR count). The first-order valence-electron chi connectivity index (χ1n) is 4.72. The summed E-state index contributed by atoms with van der Waals surface area (Å²) in [5, 5.41) is 0.869. The van der Waals surface area contributed by atoms with Crippen LogP contribution in [0.15, 0.2) is 28.7 Å². The average molecular weight is 240 g/mol. The van der Waals surface area contributed by atoms with Gasteiger partial charge in [-0.05, 0) is 19.1 Å². The lowest BCUT2D eigenvalue weighted by Crippen LogP contribution is -2.26. The highest BCUT2D eigenvalue weighted by molar-refractivity contribution is 7.90. The van der Waals surface area contributed by atoms with Crippen molar-refractivity contribution in [2.45, 2.75) is 6.92 Å². The second-order valence-corrected chi connectivity index (χ2v) is 5.01. The number of furan rings is 1. The SMILES string of the molecule is CNS(=O)(=O)Nc1cccc2cc(C)oc12. The van der Waals surface area contributed by atoms with E-state index in [4.69, 9.17) is 4.42 Å². The molecule has 0 fully saturated rings. The maximum absolute atomic E-state index is 11.4. The van der Waals surface area contributed by atoms with Crippen LogP contribution in [0.1, 0.15) is 5.76 Å². The van der Waals surface area contributed by atoms with Crippen LogP contribution in [0.5, 0.6) is 0 Å². The van der Waals surface area contributed by atoms with Gasteiger partial charge in [0.15, 0.2) is 5.58 Å². The molecular weight excluding hydrogens is 228 g/mol. The number of anilines is 1. The molecular formula is C10H12N2O3S. The molecule has 0 amide bonds. The minimum atomic E-state index is -3.51. The van der Waals surface area contributed by atoms with Gasteiger partial charge in [-0.25, -0.2) is 4.72 Å². The summed E-state index contributed by atoms with van der Waals surface area (Å²) in [4.78, 5) is 0. The van der Waals surface area contributed by atoms with E-state index in [1.54, 1.807) is 12.1 Å². The topological polar surface area (TPSA) is 71.3 Å². The summed E-state index contributed by atoms with van der Waals surface area (Å²) in [5.41, 5.74) is 0.971. The highest BCUT2D eigenvalue weighted by atomic mass is 32.2. The molecule has 86 valence electrons. The number of rotatable bonds is 3. The van der Waals surface area contributed by atoms with Crippen molar-refractivity contribution in [2.24, 2.45) is 0 Å². The van der Waals surface area contributed by atoms with Crippen molar-refractivity contribution in [1.29, 1.82) is 0 Å². The van der Waals surface area contributed by atoms with Crippen LogP contribution in [0, 0.1) is 6.92 Å². The maximum atomic E-state index is 11.4. The Bertz CT molecular complexity index is 616. The second-order valence-electron chi connectivity index (χ2n) is 3.39. The fourth-order valence-corrected chi connectivity index (χ4v) is 2.02. The standard InChI is InChI=1S/C10H12N2O3S/c1-7-6-8-4-3-5-9(10(8)15-7)12-16(13,14)11-2/h3-6,11-12H,1-2H3. The predicted molar refractivity (Wildman–Crippen MR) is 62.6 cm³/mol. The molecule has 16 heavy (non-hydrogen) atoms. The van der Waals surface area contributed by atoms with E-state index >= 15 is 0 Å². The van der Waals surface area contributed by atoms with E-state index in [-0.39, 0.29) is 0 Å². The molecule has 0 radical (unpaired) electrons. The van der Waals surface area contributed by atoms with Crippen LogP contribution in [-0.4, -0.2) is 15.5 Å². The Morgan fingerprint density at radius 1 is 1.31 bits per heavy atom. The smallest absolute Gasteiger partial charge is 0.298 e. The normalized spacial score (nSPS) is 11.9. The molecule has 0 aliphatic rings. The molecule has 0 aliphatic heterocycles. The van der Waals surface area contributed by atoms with Crippen molar-refractivity contribution >= 4 is 26.9 Å².